The molecule has 0 aromatic heterocycles. The zero-order chi connectivity index (χ0) is 19.6. The van der Waals surface area contributed by atoms with Gasteiger partial charge in [-0.3, -0.25) is 4.79 Å². The summed E-state index contributed by atoms with van der Waals surface area (Å²) < 4.78 is 34.3. The average molecular weight is 449 g/mol. The number of rotatable bonds is 4. The summed E-state index contributed by atoms with van der Waals surface area (Å²) in [5, 5.41) is 9.55. The van der Waals surface area contributed by atoms with Gasteiger partial charge >= 0.3 is 0 Å². The second-order valence-electron chi connectivity index (χ2n) is 6.73. The summed E-state index contributed by atoms with van der Waals surface area (Å²) in [6.07, 6.45) is -0.388. The summed E-state index contributed by atoms with van der Waals surface area (Å²) in [4.78, 5) is 13.2. The van der Waals surface area contributed by atoms with Crippen LogP contribution in [0.1, 0.15) is 20.8 Å². The second kappa shape index (κ2) is 8.24. The van der Waals surface area contributed by atoms with Gasteiger partial charge < -0.3 is 14.7 Å². The lowest BCUT2D eigenvalue weighted by atomic mass is 10.0. The standard InChI is InChI=1S/C17H25BrN2O5S/c1-11-8-20(12(2)10-21)26(23,24)17-6-5-14(18)7-15(17)25-16(11)9-19(4)13(3)22/h5-7,11-12,16,21H,8-10H2,1-4H3/t11-,12-,16-/m0/s1. The number of amides is 1. The fraction of sp³-hybridized carbons (Fsp3) is 0.588. The van der Waals surface area contributed by atoms with E-state index in [9.17, 15) is 18.3 Å². The molecule has 1 N–H and O–H groups in total. The van der Waals surface area contributed by atoms with Crippen molar-refractivity contribution in [3.63, 3.8) is 0 Å². The van der Waals surface area contributed by atoms with Crippen molar-refractivity contribution in [2.24, 2.45) is 5.92 Å². The molecule has 0 bridgehead atoms. The maximum absolute atomic E-state index is 13.1. The van der Waals surface area contributed by atoms with E-state index >= 15 is 0 Å². The maximum atomic E-state index is 13.1. The molecule has 0 spiro atoms. The average Bonchev–Trinajstić information content (AvgIpc) is 2.56. The Hall–Kier alpha value is -1.16. The second-order valence-corrected chi connectivity index (χ2v) is 9.51. The molecule has 9 heteroatoms. The van der Waals surface area contributed by atoms with E-state index in [2.05, 4.69) is 15.9 Å². The van der Waals surface area contributed by atoms with Crippen molar-refractivity contribution in [1.29, 1.82) is 0 Å². The highest BCUT2D eigenvalue weighted by Gasteiger charge is 2.38. The summed E-state index contributed by atoms with van der Waals surface area (Å²) in [5.74, 6) is -0.0405. The molecule has 0 fully saturated rings. The molecule has 1 aromatic carbocycles. The van der Waals surface area contributed by atoms with Crippen LogP contribution in [0.25, 0.3) is 0 Å². The van der Waals surface area contributed by atoms with Gasteiger partial charge in [0, 0.05) is 36.9 Å². The monoisotopic (exact) mass is 448 g/mol. The summed E-state index contributed by atoms with van der Waals surface area (Å²) in [5.41, 5.74) is 0. The Morgan fingerprint density at radius 3 is 2.73 bits per heavy atom. The van der Waals surface area contributed by atoms with Gasteiger partial charge in [0.15, 0.2) is 0 Å². The smallest absolute Gasteiger partial charge is 0.247 e. The van der Waals surface area contributed by atoms with Crippen LogP contribution < -0.4 is 4.74 Å². The van der Waals surface area contributed by atoms with Crippen LogP contribution in [0.5, 0.6) is 5.75 Å². The van der Waals surface area contributed by atoms with Crippen molar-refractivity contribution in [3.8, 4) is 5.75 Å². The number of hydrogen-bond donors (Lipinski definition) is 1. The zero-order valence-electron chi connectivity index (χ0n) is 15.3. The maximum Gasteiger partial charge on any atom is 0.247 e. The Kier molecular flexibility index (Phi) is 6.70. The van der Waals surface area contributed by atoms with Crippen LogP contribution in [0.15, 0.2) is 27.6 Å². The molecule has 146 valence electrons. The first kappa shape index (κ1) is 21.1. The molecule has 2 rings (SSSR count). The molecule has 1 aromatic rings. The number of ether oxygens (including phenoxy) is 1. The van der Waals surface area contributed by atoms with Crippen LogP contribution in [0.3, 0.4) is 0 Å². The highest BCUT2D eigenvalue weighted by Crippen LogP contribution is 2.35. The summed E-state index contributed by atoms with van der Waals surface area (Å²) >= 11 is 3.35. The first-order chi connectivity index (χ1) is 12.1. The lowest BCUT2D eigenvalue weighted by Gasteiger charge is -2.37. The van der Waals surface area contributed by atoms with Crippen molar-refractivity contribution in [2.75, 3.05) is 26.7 Å². The molecular weight excluding hydrogens is 424 g/mol. The molecule has 0 unspecified atom stereocenters. The van der Waals surface area contributed by atoms with Gasteiger partial charge in [-0.15, -0.1) is 0 Å². The Morgan fingerprint density at radius 1 is 1.50 bits per heavy atom. The van der Waals surface area contributed by atoms with E-state index in [0.29, 0.717) is 11.0 Å². The molecule has 1 amide bonds. The highest BCUT2D eigenvalue weighted by molar-refractivity contribution is 9.10. The number of aliphatic hydroxyl groups is 1. The van der Waals surface area contributed by atoms with Crippen LogP contribution >= 0.6 is 15.9 Å². The topological polar surface area (TPSA) is 87.2 Å². The number of halogens is 1. The third kappa shape index (κ3) is 4.39. The van der Waals surface area contributed by atoms with Crippen LogP contribution in [0.4, 0.5) is 0 Å². The van der Waals surface area contributed by atoms with Crippen molar-refractivity contribution in [2.45, 2.75) is 37.8 Å². The van der Waals surface area contributed by atoms with Gasteiger partial charge in [-0.25, -0.2) is 8.42 Å². The third-order valence-corrected chi connectivity index (χ3v) is 7.13. The van der Waals surface area contributed by atoms with E-state index in [1.807, 2.05) is 6.92 Å². The number of benzene rings is 1. The van der Waals surface area contributed by atoms with Crippen molar-refractivity contribution in [3.05, 3.63) is 22.7 Å². The molecule has 26 heavy (non-hydrogen) atoms. The van der Waals surface area contributed by atoms with E-state index in [4.69, 9.17) is 4.74 Å². The number of carbonyl (C=O) groups excluding carboxylic acids is 1. The highest BCUT2D eigenvalue weighted by atomic mass is 79.9. The zero-order valence-corrected chi connectivity index (χ0v) is 17.7. The van der Waals surface area contributed by atoms with Gasteiger partial charge in [-0.1, -0.05) is 22.9 Å². The minimum absolute atomic E-state index is 0.0587. The molecule has 7 nitrogen and oxygen atoms in total. The molecular formula is C17H25BrN2O5S. The number of sulfonamides is 1. The summed E-state index contributed by atoms with van der Waals surface area (Å²) in [6, 6.07) is 4.19. The van der Waals surface area contributed by atoms with Crippen LogP contribution in [-0.4, -0.2) is 67.5 Å². The molecule has 3 atom stereocenters. The number of carbonyl (C=O) groups is 1. The van der Waals surface area contributed by atoms with E-state index in [1.54, 1.807) is 31.0 Å². The Labute approximate surface area is 163 Å². The number of hydrogen-bond acceptors (Lipinski definition) is 5. The van der Waals surface area contributed by atoms with Gasteiger partial charge in [0.05, 0.1) is 13.2 Å². The largest absolute Gasteiger partial charge is 0.487 e. The van der Waals surface area contributed by atoms with Crippen LogP contribution in [-0.2, 0) is 14.8 Å². The number of fused-ring (bicyclic) bond motifs is 1. The van der Waals surface area contributed by atoms with Gasteiger partial charge in [0.1, 0.15) is 16.7 Å². The fourth-order valence-electron chi connectivity index (χ4n) is 2.82. The SMILES string of the molecule is CC(=O)N(C)C[C@@H]1Oc2cc(Br)ccc2S(=O)(=O)N([C@@H](C)CO)C[C@@H]1C. The predicted molar refractivity (Wildman–Crippen MR) is 101 cm³/mol. The van der Waals surface area contributed by atoms with Gasteiger partial charge in [-0.2, -0.15) is 4.31 Å². The van der Waals surface area contributed by atoms with Crippen molar-refractivity contribution >= 4 is 31.9 Å². The number of nitrogens with zero attached hydrogens (tertiary/aromatic N) is 2. The third-order valence-electron chi connectivity index (χ3n) is 4.62. The van der Waals surface area contributed by atoms with Crippen LogP contribution in [0, 0.1) is 5.92 Å². The molecule has 1 heterocycles. The van der Waals surface area contributed by atoms with Gasteiger partial charge in [0.2, 0.25) is 15.9 Å². The number of likely N-dealkylation sites (N-methyl/N-ethyl adjacent to an activating group) is 1. The summed E-state index contributed by atoms with van der Waals surface area (Å²) in [7, 11) is -2.14. The summed E-state index contributed by atoms with van der Waals surface area (Å²) in [6.45, 7) is 5.27. The van der Waals surface area contributed by atoms with Gasteiger partial charge in [0.25, 0.3) is 0 Å². The van der Waals surface area contributed by atoms with Crippen LogP contribution in [0.2, 0.25) is 0 Å². The van der Waals surface area contributed by atoms with Crippen molar-refractivity contribution < 1.29 is 23.1 Å². The van der Waals surface area contributed by atoms with E-state index < -0.39 is 16.1 Å². The van der Waals surface area contributed by atoms with E-state index in [1.165, 1.54) is 17.3 Å². The fourth-order valence-corrected chi connectivity index (χ4v) is 4.98. The Morgan fingerprint density at radius 2 is 2.15 bits per heavy atom. The molecule has 0 saturated heterocycles. The Balaban J connectivity index is 2.54. The van der Waals surface area contributed by atoms with Gasteiger partial charge in [-0.05, 0) is 25.1 Å². The van der Waals surface area contributed by atoms with Crippen molar-refractivity contribution in [1.82, 2.24) is 9.21 Å². The lowest BCUT2D eigenvalue weighted by Crippen LogP contribution is -2.50. The quantitative estimate of drug-likeness (QED) is 0.756. The van der Waals surface area contributed by atoms with E-state index in [-0.39, 0.29) is 41.7 Å². The number of aliphatic hydroxyl groups excluding tert-OH is 1. The molecule has 0 saturated carbocycles. The predicted octanol–water partition coefficient (Wildman–Crippen LogP) is 1.70. The van der Waals surface area contributed by atoms with E-state index in [0.717, 1.165) is 0 Å². The molecule has 0 radical (unpaired) electrons. The normalized spacial score (nSPS) is 23.9. The Bertz CT molecular complexity index is 770. The minimum atomic E-state index is -3.82. The molecule has 1 aliphatic rings. The molecule has 0 aliphatic carbocycles. The molecule has 1 aliphatic heterocycles. The lowest BCUT2D eigenvalue weighted by molar-refractivity contribution is -0.129. The first-order valence-electron chi connectivity index (χ1n) is 8.38. The minimum Gasteiger partial charge on any atom is -0.487 e. The first-order valence-corrected chi connectivity index (χ1v) is 10.6.